The monoisotopic (exact) mass is 398 g/mol. The fourth-order valence-electron chi connectivity index (χ4n) is 3.09. The summed E-state index contributed by atoms with van der Waals surface area (Å²) in [5.74, 6) is 0. The van der Waals surface area contributed by atoms with E-state index < -0.39 is 10.0 Å². The highest BCUT2D eigenvalue weighted by Gasteiger charge is 2.30. The largest absolute Gasteiger partial charge is 0.262 e. The van der Waals surface area contributed by atoms with Crippen LogP contribution in [0.2, 0.25) is 0 Å². The van der Waals surface area contributed by atoms with Gasteiger partial charge in [0.15, 0.2) is 0 Å². The summed E-state index contributed by atoms with van der Waals surface area (Å²) in [5, 5.41) is 7.66. The van der Waals surface area contributed by atoms with E-state index in [1.54, 1.807) is 27.2 Å². The first-order valence-electron chi connectivity index (χ1n) is 9.32. The Kier molecular flexibility index (Phi) is 7.37. The van der Waals surface area contributed by atoms with Crippen LogP contribution in [0.25, 0.3) is 0 Å². The van der Waals surface area contributed by atoms with Crippen molar-refractivity contribution in [2.24, 2.45) is 0 Å². The summed E-state index contributed by atoms with van der Waals surface area (Å²) >= 11 is 1.66. The number of rotatable bonds is 10. The van der Waals surface area contributed by atoms with Gasteiger partial charge in [-0.1, -0.05) is 20.8 Å². The minimum Gasteiger partial charge on any atom is -0.262 e. The Morgan fingerprint density at radius 3 is 2.35 bits per heavy atom. The average molecular weight is 399 g/mol. The van der Waals surface area contributed by atoms with Crippen LogP contribution in [0.3, 0.4) is 0 Å². The van der Waals surface area contributed by atoms with E-state index in [4.69, 9.17) is 0 Å². The molecular weight excluding hydrogens is 368 g/mol. The molecule has 0 bridgehead atoms. The SMILES string of the molecule is CCCc1nc(Cn2nc(C)c(S(=O)(=O)N(CCC)CCC)c2C)cs1. The van der Waals surface area contributed by atoms with Crippen molar-refractivity contribution in [2.45, 2.75) is 71.7 Å². The first kappa shape index (κ1) is 21.1. The molecule has 0 spiro atoms. The van der Waals surface area contributed by atoms with E-state index >= 15 is 0 Å². The van der Waals surface area contributed by atoms with Crippen molar-refractivity contribution >= 4 is 21.4 Å². The predicted octanol–water partition coefficient (Wildman–Crippen LogP) is 3.77. The lowest BCUT2D eigenvalue weighted by molar-refractivity contribution is 0.409. The molecule has 0 radical (unpaired) electrons. The van der Waals surface area contributed by atoms with Crippen molar-refractivity contribution < 1.29 is 8.42 Å². The quantitative estimate of drug-likeness (QED) is 0.611. The molecule has 26 heavy (non-hydrogen) atoms. The van der Waals surface area contributed by atoms with E-state index in [-0.39, 0.29) is 0 Å². The van der Waals surface area contributed by atoms with Crippen LogP contribution in [-0.2, 0) is 23.0 Å². The number of hydrogen-bond donors (Lipinski definition) is 0. The van der Waals surface area contributed by atoms with Crippen LogP contribution >= 0.6 is 11.3 Å². The van der Waals surface area contributed by atoms with Gasteiger partial charge in [0.05, 0.1) is 28.6 Å². The van der Waals surface area contributed by atoms with Crippen molar-refractivity contribution in [2.75, 3.05) is 13.1 Å². The molecular formula is C18H30N4O2S2. The molecule has 0 aliphatic heterocycles. The molecule has 146 valence electrons. The standard InChI is InChI=1S/C18H30N4O2S2/c1-6-9-17-19-16(13-25-17)12-22-15(5)18(14(4)20-22)26(23,24)21(10-7-2)11-8-3/h13H,6-12H2,1-5H3. The summed E-state index contributed by atoms with van der Waals surface area (Å²) in [6.45, 7) is 11.3. The Labute approximate surface area is 161 Å². The van der Waals surface area contributed by atoms with Crippen LogP contribution in [0.1, 0.15) is 62.1 Å². The first-order valence-corrected chi connectivity index (χ1v) is 11.6. The Morgan fingerprint density at radius 1 is 1.12 bits per heavy atom. The zero-order valence-corrected chi connectivity index (χ0v) is 18.1. The van der Waals surface area contributed by atoms with E-state index in [0.29, 0.717) is 35.9 Å². The van der Waals surface area contributed by atoms with E-state index in [9.17, 15) is 8.42 Å². The van der Waals surface area contributed by atoms with Gasteiger partial charge in [-0.2, -0.15) is 9.40 Å². The lowest BCUT2D eigenvalue weighted by Gasteiger charge is -2.21. The van der Waals surface area contributed by atoms with Gasteiger partial charge in [0.25, 0.3) is 0 Å². The maximum Gasteiger partial charge on any atom is 0.246 e. The third-order valence-electron chi connectivity index (χ3n) is 4.23. The highest BCUT2D eigenvalue weighted by molar-refractivity contribution is 7.89. The third-order valence-corrected chi connectivity index (χ3v) is 7.34. The molecule has 8 heteroatoms. The summed E-state index contributed by atoms with van der Waals surface area (Å²) in [7, 11) is -3.53. The molecule has 2 aromatic rings. The topological polar surface area (TPSA) is 68.1 Å². The molecule has 2 heterocycles. The summed E-state index contributed by atoms with van der Waals surface area (Å²) in [6.07, 6.45) is 3.64. The maximum absolute atomic E-state index is 13.2. The number of sulfonamides is 1. The molecule has 0 fully saturated rings. The van der Waals surface area contributed by atoms with Crippen molar-refractivity contribution in [3.05, 3.63) is 27.5 Å². The van der Waals surface area contributed by atoms with Gasteiger partial charge in [0.2, 0.25) is 10.0 Å². The molecule has 0 amide bonds. The van der Waals surface area contributed by atoms with Crippen molar-refractivity contribution in [1.29, 1.82) is 0 Å². The van der Waals surface area contributed by atoms with Gasteiger partial charge in [0, 0.05) is 18.5 Å². The molecule has 2 aromatic heterocycles. The number of aromatic nitrogens is 3. The van der Waals surface area contributed by atoms with Crippen LogP contribution in [-0.4, -0.2) is 40.6 Å². The number of nitrogens with zero attached hydrogens (tertiary/aromatic N) is 4. The Morgan fingerprint density at radius 2 is 1.77 bits per heavy atom. The van der Waals surface area contributed by atoms with E-state index in [2.05, 4.69) is 17.0 Å². The fourth-order valence-corrected chi connectivity index (χ4v) is 5.98. The van der Waals surface area contributed by atoms with Crippen molar-refractivity contribution in [3.63, 3.8) is 0 Å². The smallest absolute Gasteiger partial charge is 0.246 e. The Balaban J connectivity index is 2.33. The summed E-state index contributed by atoms with van der Waals surface area (Å²) in [4.78, 5) is 4.98. The van der Waals surface area contributed by atoms with Crippen LogP contribution < -0.4 is 0 Å². The molecule has 2 rings (SSSR count). The lowest BCUT2D eigenvalue weighted by atomic mass is 10.3. The molecule has 0 aliphatic rings. The lowest BCUT2D eigenvalue weighted by Crippen LogP contribution is -2.33. The Hall–Kier alpha value is -1.25. The molecule has 0 aliphatic carbocycles. The summed E-state index contributed by atoms with van der Waals surface area (Å²) in [5.41, 5.74) is 2.18. The molecule has 0 saturated carbocycles. The number of hydrogen-bond acceptors (Lipinski definition) is 5. The van der Waals surface area contributed by atoms with Crippen LogP contribution in [0.4, 0.5) is 0 Å². The van der Waals surface area contributed by atoms with Crippen molar-refractivity contribution in [3.8, 4) is 0 Å². The minimum atomic E-state index is -3.53. The molecule has 0 aromatic carbocycles. The summed E-state index contributed by atoms with van der Waals surface area (Å²) in [6, 6.07) is 0. The van der Waals surface area contributed by atoms with Gasteiger partial charge in [-0.25, -0.2) is 13.4 Å². The zero-order chi connectivity index (χ0) is 19.3. The molecule has 0 unspecified atom stereocenters. The molecule has 0 atom stereocenters. The predicted molar refractivity (Wildman–Crippen MR) is 106 cm³/mol. The van der Waals surface area contributed by atoms with Crippen molar-refractivity contribution in [1.82, 2.24) is 19.1 Å². The van der Waals surface area contributed by atoms with Gasteiger partial charge in [-0.05, 0) is 39.5 Å². The second-order valence-electron chi connectivity index (χ2n) is 6.54. The Bertz CT molecular complexity index is 818. The summed E-state index contributed by atoms with van der Waals surface area (Å²) < 4.78 is 29.7. The molecule has 0 N–H and O–H groups in total. The van der Waals surface area contributed by atoms with Gasteiger partial charge >= 0.3 is 0 Å². The van der Waals surface area contributed by atoms with E-state index in [1.165, 1.54) is 0 Å². The van der Waals surface area contributed by atoms with Crippen LogP contribution in [0.5, 0.6) is 0 Å². The number of thiazole rings is 1. The maximum atomic E-state index is 13.2. The second kappa shape index (κ2) is 9.10. The number of aryl methyl sites for hydroxylation is 2. The second-order valence-corrected chi connectivity index (χ2v) is 9.36. The fraction of sp³-hybridized carbons (Fsp3) is 0.667. The normalized spacial score (nSPS) is 12.2. The molecule has 6 nitrogen and oxygen atoms in total. The van der Waals surface area contributed by atoms with Gasteiger partial charge < -0.3 is 0 Å². The third kappa shape index (κ3) is 4.53. The van der Waals surface area contributed by atoms with Crippen LogP contribution in [0, 0.1) is 13.8 Å². The minimum absolute atomic E-state index is 0.350. The highest BCUT2D eigenvalue weighted by atomic mass is 32.2. The van der Waals surface area contributed by atoms with E-state index in [0.717, 1.165) is 36.4 Å². The van der Waals surface area contributed by atoms with Gasteiger partial charge in [0.1, 0.15) is 4.90 Å². The van der Waals surface area contributed by atoms with Crippen LogP contribution in [0.15, 0.2) is 10.3 Å². The highest BCUT2D eigenvalue weighted by Crippen LogP contribution is 2.25. The molecule has 0 saturated heterocycles. The van der Waals surface area contributed by atoms with Gasteiger partial charge in [-0.15, -0.1) is 11.3 Å². The average Bonchev–Trinajstić information content (AvgIpc) is 3.12. The zero-order valence-electron chi connectivity index (χ0n) is 16.4. The van der Waals surface area contributed by atoms with Gasteiger partial charge in [-0.3, -0.25) is 4.68 Å². The van der Waals surface area contributed by atoms with E-state index in [1.807, 2.05) is 26.2 Å². The first-order chi connectivity index (χ1) is 12.3.